The molecule has 2 aliphatic rings. The fourth-order valence-corrected chi connectivity index (χ4v) is 3.42. The van der Waals surface area contributed by atoms with Gasteiger partial charge in [0, 0.05) is 25.2 Å². The van der Waals surface area contributed by atoms with Crippen LogP contribution < -0.4 is 4.90 Å². The molecule has 2 heterocycles. The SMILES string of the molecule is N#CC1(c2ccccc2)CCN(c2ccnc(C3CC3)n2)CC1. The van der Waals surface area contributed by atoms with Crippen molar-refractivity contribution < 1.29 is 0 Å². The van der Waals surface area contributed by atoms with E-state index in [1.807, 2.05) is 30.5 Å². The van der Waals surface area contributed by atoms with Crippen molar-refractivity contribution in [2.75, 3.05) is 18.0 Å². The molecule has 0 atom stereocenters. The predicted octanol–water partition coefficient (Wildman–Crippen LogP) is 3.42. The van der Waals surface area contributed by atoms with Crippen molar-refractivity contribution in [1.82, 2.24) is 9.97 Å². The van der Waals surface area contributed by atoms with Crippen molar-refractivity contribution in [2.24, 2.45) is 0 Å². The van der Waals surface area contributed by atoms with E-state index in [4.69, 9.17) is 4.98 Å². The molecule has 2 fully saturated rings. The molecule has 0 bridgehead atoms. The minimum Gasteiger partial charge on any atom is -0.356 e. The smallest absolute Gasteiger partial charge is 0.133 e. The zero-order chi connectivity index (χ0) is 15.7. The first kappa shape index (κ1) is 14.2. The van der Waals surface area contributed by atoms with Crippen LogP contribution in [0.4, 0.5) is 5.82 Å². The fourth-order valence-electron chi connectivity index (χ4n) is 3.42. The molecule has 2 aromatic rings. The van der Waals surface area contributed by atoms with Gasteiger partial charge in [0.2, 0.25) is 0 Å². The van der Waals surface area contributed by atoms with Crippen molar-refractivity contribution in [3.63, 3.8) is 0 Å². The molecule has 0 N–H and O–H groups in total. The third-order valence-electron chi connectivity index (χ3n) is 5.08. The van der Waals surface area contributed by atoms with Crippen LogP contribution in [0.25, 0.3) is 0 Å². The van der Waals surface area contributed by atoms with E-state index in [2.05, 4.69) is 28.1 Å². The molecule has 4 nitrogen and oxygen atoms in total. The number of hydrogen-bond acceptors (Lipinski definition) is 4. The van der Waals surface area contributed by atoms with Crippen LogP contribution >= 0.6 is 0 Å². The summed E-state index contributed by atoms with van der Waals surface area (Å²) in [5.74, 6) is 2.58. The van der Waals surface area contributed by atoms with E-state index < -0.39 is 0 Å². The highest BCUT2D eigenvalue weighted by Gasteiger charge is 2.37. The zero-order valence-electron chi connectivity index (χ0n) is 13.2. The van der Waals surface area contributed by atoms with Crippen molar-refractivity contribution >= 4 is 5.82 Å². The molecule has 0 spiro atoms. The summed E-state index contributed by atoms with van der Waals surface area (Å²) in [7, 11) is 0. The quantitative estimate of drug-likeness (QED) is 0.872. The Morgan fingerprint density at radius 1 is 1.09 bits per heavy atom. The number of benzene rings is 1. The maximum absolute atomic E-state index is 9.78. The van der Waals surface area contributed by atoms with Gasteiger partial charge in [0.15, 0.2) is 0 Å². The molecule has 1 saturated carbocycles. The van der Waals surface area contributed by atoms with E-state index in [9.17, 15) is 5.26 Å². The van der Waals surface area contributed by atoms with Gasteiger partial charge in [-0.05, 0) is 37.3 Å². The zero-order valence-corrected chi connectivity index (χ0v) is 13.2. The number of nitriles is 1. The fraction of sp³-hybridized carbons (Fsp3) is 0.421. The lowest BCUT2D eigenvalue weighted by Gasteiger charge is -2.38. The summed E-state index contributed by atoms with van der Waals surface area (Å²) in [5.41, 5.74) is 0.785. The molecule has 0 radical (unpaired) electrons. The highest BCUT2D eigenvalue weighted by molar-refractivity contribution is 5.42. The second kappa shape index (κ2) is 5.66. The van der Waals surface area contributed by atoms with E-state index in [1.54, 1.807) is 0 Å². The standard InChI is InChI=1S/C19H20N4/c20-14-19(16-4-2-1-3-5-16)9-12-23(13-10-19)17-8-11-21-18(22-17)15-6-7-15/h1-5,8,11,15H,6-7,9-10,12-13H2. The highest BCUT2D eigenvalue weighted by atomic mass is 15.2. The minimum absolute atomic E-state index is 0.357. The van der Waals surface area contributed by atoms with Crippen LogP contribution in [-0.4, -0.2) is 23.1 Å². The molecule has 1 aromatic carbocycles. The Kier molecular flexibility index (Phi) is 3.49. The lowest BCUT2D eigenvalue weighted by Crippen LogP contribution is -2.42. The third-order valence-corrected chi connectivity index (χ3v) is 5.08. The number of nitrogens with zero attached hydrogens (tertiary/aromatic N) is 4. The number of aromatic nitrogens is 2. The first-order valence-corrected chi connectivity index (χ1v) is 8.35. The van der Waals surface area contributed by atoms with Crippen LogP contribution in [0.3, 0.4) is 0 Å². The van der Waals surface area contributed by atoms with Crippen molar-refractivity contribution in [1.29, 1.82) is 5.26 Å². The number of piperidine rings is 1. The van der Waals surface area contributed by atoms with E-state index in [-0.39, 0.29) is 5.41 Å². The Bertz CT molecular complexity index is 723. The molecule has 0 amide bonds. The molecule has 1 aliphatic carbocycles. The first-order chi connectivity index (χ1) is 11.3. The molecular formula is C19H20N4. The van der Waals surface area contributed by atoms with Gasteiger partial charge in [0.25, 0.3) is 0 Å². The Morgan fingerprint density at radius 3 is 2.48 bits per heavy atom. The molecular weight excluding hydrogens is 284 g/mol. The topological polar surface area (TPSA) is 52.8 Å². The summed E-state index contributed by atoms with van der Waals surface area (Å²) >= 11 is 0. The van der Waals surface area contributed by atoms with Gasteiger partial charge in [-0.15, -0.1) is 0 Å². The molecule has 0 unspecified atom stereocenters. The minimum atomic E-state index is -0.357. The predicted molar refractivity (Wildman–Crippen MR) is 89.2 cm³/mol. The van der Waals surface area contributed by atoms with Crippen LogP contribution in [0.2, 0.25) is 0 Å². The van der Waals surface area contributed by atoms with Gasteiger partial charge < -0.3 is 4.90 Å². The van der Waals surface area contributed by atoms with Gasteiger partial charge in [-0.25, -0.2) is 9.97 Å². The third kappa shape index (κ3) is 2.68. The summed E-state index contributed by atoms with van der Waals surface area (Å²) in [6.45, 7) is 1.73. The van der Waals surface area contributed by atoms with E-state index in [0.717, 1.165) is 43.1 Å². The Balaban J connectivity index is 1.52. The van der Waals surface area contributed by atoms with E-state index in [0.29, 0.717) is 5.92 Å². The van der Waals surface area contributed by atoms with Gasteiger partial charge in [-0.1, -0.05) is 30.3 Å². The van der Waals surface area contributed by atoms with Gasteiger partial charge in [-0.3, -0.25) is 0 Å². The number of hydrogen-bond donors (Lipinski definition) is 0. The largest absolute Gasteiger partial charge is 0.356 e. The second-order valence-electron chi connectivity index (χ2n) is 6.59. The Labute approximate surface area is 136 Å². The first-order valence-electron chi connectivity index (χ1n) is 8.35. The van der Waals surface area contributed by atoms with Crippen LogP contribution in [-0.2, 0) is 5.41 Å². The Morgan fingerprint density at radius 2 is 1.83 bits per heavy atom. The Hall–Kier alpha value is -2.41. The lowest BCUT2D eigenvalue weighted by molar-refractivity contribution is 0.414. The maximum atomic E-state index is 9.78. The van der Waals surface area contributed by atoms with Gasteiger partial charge in [0.05, 0.1) is 11.5 Å². The average molecular weight is 304 g/mol. The summed E-state index contributed by atoms with van der Waals surface area (Å²) < 4.78 is 0. The summed E-state index contributed by atoms with van der Waals surface area (Å²) in [5, 5.41) is 9.78. The van der Waals surface area contributed by atoms with Gasteiger partial charge >= 0.3 is 0 Å². The summed E-state index contributed by atoms with van der Waals surface area (Å²) in [6, 6.07) is 14.8. The monoisotopic (exact) mass is 304 g/mol. The number of rotatable bonds is 3. The van der Waals surface area contributed by atoms with E-state index in [1.165, 1.54) is 12.8 Å². The molecule has 1 aliphatic heterocycles. The summed E-state index contributed by atoms with van der Waals surface area (Å²) in [4.78, 5) is 11.4. The van der Waals surface area contributed by atoms with Crippen LogP contribution in [0.15, 0.2) is 42.6 Å². The van der Waals surface area contributed by atoms with Crippen LogP contribution in [0.5, 0.6) is 0 Å². The van der Waals surface area contributed by atoms with Crippen molar-refractivity contribution in [3.05, 3.63) is 54.0 Å². The number of anilines is 1. The highest BCUT2D eigenvalue weighted by Crippen LogP contribution is 2.39. The molecule has 1 saturated heterocycles. The summed E-state index contributed by atoms with van der Waals surface area (Å²) in [6.07, 6.45) is 6.00. The molecule has 1 aromatic heterocycles. The van der Waals surface area contributed by atoms with Crippen LogP contribution in [0.1, 0.15) is 43.0 Å². The molecule has 4 heteroatoms. The average Bonchev–Trinajstić information content (AvgIpc) is 3.48. The van der Waals surface area contributed by atoms with Gasteiger partial charge in [-0.2, -0.15) is 5.26 Å². The second-order valence-corrected chi connectivity index (χ2v) is 6.59. The molecule has 116 valence electrons. The maximum Gasteiger partial charge on any atom is 0.133 e. The van der Waals surface area contributed by atoms with Crippen LogP contribution in [0, 0.1) is 11.3 Å². The molecule has 23 heavy (non-hydrogen) atoms. The molecule has 4 rings (SSSR count). The lowest BCUT2D eigenvalue weighted by atomic mass is 9.74. The normalized spacial score (nSPS) is 20.0. The van der Waals surface area contributed by atoms with Gasteiger partial charge in [0.1, 0.15) is 11.6 Å². The van der Waals surface area contributed by atoms with Crippen molar-refractivity contribution in [2.45, 2.75) is 37.0 Å². The van der Waals surface area contributed by atoms with E-state index >= 15 is 0 Å². The van der Waals surface area contributed by atoms with Crippen molar-refractivity contribution in [3.8, 4) is 6.07 Å².